The van der Waals surface area contributed by atoms with Crippen molar-refractivity contribution >= 4 is 11.0 Å². The van der Waals surface area contributed by atoms with Crippen molar-refractivity contribution in [2.45, 2.75) is 31.9 Å². The number of ether oxygens (including phenoxy) is 1. The van der Waals surface area contributed by atoms with E-state index in [-0.39, 0.29) is 5.75 Å². The van der Waals surface area contributed by atoms with Gasteiger partial charge in [0.15, 0.2) is 0 Å². The molecule has 17 heavy (non-hydrogen) atoms. The number of aromatic nitrogens is 3. The Balaban J connectivity index is 1.69. The van der Waals surface area contributed by atoms with Gasteiger partial charge in [-0.1, -0.05) is 5.21 Å². The van der Waals surface area contributed by atoms with Gasteiger partial charge in [0, 0.05) is 6.07 Å². The van der Waals surface area contributed by atoms with Crippen molar-refractivity contribution in [3.63, 3.8) is 0 Å². The molecule has 1 heterocycles. The van der Waals surface area contributed by atoms with Crippen molar-refractivity contribution in [1.29, 1.82) is 0 Å². The highest BCUT2D eigenvalue weighted by Crippen LogP contribution is 2.22. The lowest BCUT2D eigenvalue weighted by Crippen LogP contribution is -2.23. The fourth-order valence-corrected chi connectivity index (χ4v) is 1.96. The van der Waals surface area contributed by atoms with Crippen LogP contribution in [0.1, 0.15) is 19.3 Å². The SMILES string of the molecule is Oc1ccc2nnn(CCOC3CCC3)c2c1. The molecule has 0 saturated heterocycles. The first-order valence-electron chi connectivity index (χ1n) is 5.97. The molecule has 1 saturated carbocycles. The van der Waals surface area contributed by atoms with Crippen LogP contribution in [0.5, 0.6) is 5.75 Å². The standard InChI is InChI=1S/C12H15N3O2/c16-9-4-5-11-12(8-9)15(14-13-11)6-7-17-10-2-1-3-10/h4-5,8,10,16H,1-3,6-7H2. The number of phenolic OH excluding ortho intramolecular Hbond substituents is 1. The van der Waals surface area contributed by atoms with Gasteiger partial charge in [-0.2, -0.15) is 0 Å². The summed E-state index contributed by atoms with van der Waals surface area (Å²) in [6.45, 7) is 1.33. The van der Waals surface area contributed by atoms with Gasteiger partial charge in [-0.3, -0.25) is 0 Å². The summed E-state index contributed by atoms with van der Waals surface area (Å²) in [4.78, 5) is 0. The van der Waals surface area contributed by atoms with Gasteiger partial charge in [0.1, 0.15) is 11.3 Å². The third kappa shape index (κ3) is 2.10. The molecule has 0 radical (unpaired) electrons. The predicted octanol–water partition coefficient (Wildman–Crippen LogP) is 1.71. The molecule has 1 aromatic carbocycles. The highest BCUT2D eigenvalue weighted by atomic mass is 16.5. The molecule has 0 aliphatic heterocycles. The molecule has 1 aliphatic carbocycles. The van der Waals surface area contributed by atoms with Crippen LogP contribution in [0.4, 0.5) is 0 Å². The molecule has 0 spiro atoms. The van der Waals surface area contributed by atoms with E-state index >= 15 is 0 Å². The number of nitrogens with zero attached hydrogens (tertiary/aromatic N) is 3. The van der Waals surface area contributed by atoms with E-state index in [2.05, 4.69) is 10.3 Å². The van der Waals surface area contributed by atoms with Gasteiger partial charge in [-0.05, 0) is 31.4 Å². The van der Waals surface area contributed by atoms with Crippen LogP contribution in [0.25, 0.3) is 11.0 Å². The lowest BCUT2D eigenvalue weighted by Gasteiger charge is -2.25. The lowest BCUT2D eigenvalue weighted by atomic mass is 9.96. The number of benzene rings is 1. The van der Waals surface area contributed by atoms with E-state index in [1.54, 1.807) is 22.9 Å². The van der Waals surface area contributed by atoms with E-state index < -0.39 is 0 Å². The maximum atomic E-state index is 9.43. The smallest absolute Gasteiger partial charge is 0.117 e. The molecule has 3 rings (SSSR count). The van der Waals surface area contributed by atoms with E-state index in [1.165, 1.54) is 19.3 Å². The van der Waals surface area contributed by atoms with Gasteiger partial charge in [0.2, 0.25) is 0 Å². The molecule has 1 fully saturated rings. The van der Waals surface area contributed by atoms with Crippen molar-refractivity contribution in [2.75, 3.05) is 6.61 Å². The Morgan fingerprint density at radius 2 is 2.29 bits per heavy atom. The molecular weight excluding hydrogens is 218 g/mol. The summed E-state index contributed by atoms with van der Waals surface area (Å²) < 4.78 is 7.45. The minimum atomic E-state index is 0.237. The molecule has 1 aromatic heterocycles. The summed E-state index contributed by atoms with van der Waals surface area (Å²) in [7, 11) is 0. The second-order valence-corrected chi connectivity index (χ2v) is 4.41. The fraction of sp³-hybridized carbons (Fsp3) is 0.500. The molecule has 90 valence electrons. The first kappa shape index (κ1) is 10.5. The topological polar surface area (TPSA) is 60.2 Å². The van der Waals surface area contributed by atoms with E-state index in [0.29, 0.717) is 19.3 Å². The van der Waals surface area contributed by atoms with Crippen LogP contribution >= 0.6 is 0 Å². The maximum absolute atomic E-state index is 9.43. The van der Waals surface area contributed by atoms with Gasteiger partial charge in [0.05, 0.1) is 24.8 Å². The third-order valence-corrected chi connectivity index (χ3v) is 3.21. The normalized spacial score (nSPS) is 16.2. The van der Waals surface area contributed by atoms with Gasteiger partial charge in [-0.15, -0.1) is 5.10 Å². The summed E-state index contributed by atoms with van der Waals surface area (Å²) in [5.41, 5.74) is 1.65. The van der Waals surface area contributed by atoms with Crippen LogP contribution in [0.2, 0.25) is 0 Å². The minimum Gasteiger partial charge on any atom is -0.508 e. The third-order valence-electron chi connectivity index (χ3n) is 3.21. The zero-order valence-electron chi connectivity index (χ0n) is 9.54. The Labute approximate surface area is 99.0 Å². The molecular formula is C12H15N3O2. The molecule has 5 heteroatoms. The van der Waals surface area contributed by atoms with Crippen LogP contribution in [-0.4, -0.2) is 32.8 Å². The Morgan fingerprint density at radius 1 is 1.41 bits per heavy atom. The Kier molecular flexibility index (Phi) is 2.68. The second-order valence-electron chi connectivity index (χ2n) is 4.41. The summed E-state index contributed by atoms with van der Waals surface area (Å²) in [6, 6.07) is 5.06. The van der Waals surface area contributed by atoms with Crippen LogP contribution in [0, 0.1) is 0 Å². The average Bonchev–Trinajstić information content (AvgIpc) is 2.64. The van der Waals surface area contributed by atoms with Crippen molar-refractivity contribution in [1.82, 2.24) is 15.0 Å². The highest BCUT2D eigenvalue weighted by Gasteiger charge is 2.17. The number of rotatable bonds is 4. The van der Waals surface area contributed by atoms with Gasteiger partial charge < -0.3 is 9.84 Å². The van der Waals surface area contributed by atoms with Crippen LogP contribution in [0.15, 0.2) is 18.2 Å². The first-order valence-corrected chi connectivity index (χ1v) is 5.97. The maximum Gasteiger partial charge on any atom is 0.117 e. The van der Waals surface area contributed by atoms with Crippen molar-refractivity contribution in [2.24, 2.45) is 0 Å². The summed E-state index contributed by atoms with van der Waals surface area (Å²) in [6.07, 6.45) is 4.08. The Morgan fingerprint density at radius 3 is 3.06 bits per heavy atom. The summed E-state index contributed by atoms with van der Waals surface area (Å²) in [5, 5.41) is 17.5. The molecule has 0 atom stereocenters. The number of aromatic hydroxyl groups is 1. The monoisotopic (exact) mass is 233 g/mol. The van der Waals surface area contributed by atoms with Crippen LogP contribution in [0.3, 0.4) is 0 Å². The van der Waals surface area contributed by atoms with Crippen molar-refractivity contribution < 1.29 is 9.84 Å². The Bertz CT molecular complexity index is 519. The quantitative estimate of drug-likeness (QED) is 0.873. The summed E-state index contributed by atoms with van der Waals surface area (Å²) in [5.74, 6) is 0.237. The molecule has 5 nitrogen and oxygen atoms in total. The number of fused-ring (bicyclic) bond motifs is 1. The van der Waals surface area contributed by atoms with E-state index in [4.69, 9.17) is 4.74 Å². The van der Waals surface area contributed by atoms with Crippen molar-refractivity contribution in [3.8, 4) is 5.75 Å². The van der Waals surface area contributed by atoms with Gasteiger partial charge in [0.25, 0.3) is 0 Å². The highest BCUT2D eigenvalue weighted by molar-refractivity contribution is 5.75. The zero-order chi connectivity index (χ0) is 11.7. The molecule has 1 aliphatic rings. The van der Waals surface area contributed by atoms with Crippen molar-refractivity contribution in [3.05, 3.63) is 18.2 Å². The van der Waals surface area contributed by atoms with Crippen LogP contribution < -0.4 is 0 Å². The zero-order valence-corrected chi connectivity index (χ0v) is 9.54. The Hall–Kier alpha value is -1.62. The molecule has 0 bridgehead atoms. The predicted molar refractivity (Wildman–Crippen MR) is 62.8 cm³/mol. The van der Waals surface area contributed by atoms with Crippen LogP contribution in [-0.2, 0) is 11.3 Å². The lowest BCUT2D eigenvalue weighted by molar-refractivity contribution is -0.00212. The molecule has 2 aromatic rings. The minimum absolute atomic E-state index is 0.237. The van der Waals surface area contributed by atoms with E-state index in [1.807, 2.05) is 0 Å². The first-order chi connectivity index (χ1) is 8.33. The number of phenols is 1. The largest absolute Gasteiger partial charge is 0.508 e. The van der Waals surface area contributed by atoms with E-state index in [9.17, 15) is 5.11 Å². The van der Waals surface area contributed by atoms with E-state index in [0.717, 1.165) is 11.0 Å². The number of hydrogen-bond acceptors (Lipinski definition) is 4. The van der Waals surface area contributed by atoms with Gasteiger partial charge in [-0.25, -0.2) is 4.68 Å². The molecule has 0 amide bonds. The molecule has 0 unspecified atom stereocenters. The van der Waals surface area contributed by atoms with Gasteiger partial charge >= 0.3 is 0 Å². The fourth-order valence-electron chi connectivity index (χ4n) is 1.96. The average molecular weight is 233 g/mol. The molecule has 1 N–H and O–H groups in total. The number of hydrogen-bond donors (Lipinski definition) is 1. The summed E-state index contributed by atoms with van der Waals surface area (Å²) >= 11 is 0. The second kappa shape index (κ2) is 4.33.